The molecule has 2 N–H and O–H groups in total. The molecule has 0 saturated carbocycles. The molecule has 1 atom stereocenters. The molecule has 4 nitrogen and oxygen atoms in total. The fourth-order valence-corrected chi connectivity index (χ4v) is 2.21. The molecule has 0 radical (unpaired) electrons. The van der Waals surface area contributed by atoms with E-state index in [0.29, 0.717) is 6.42 Å². The summed E-state index contributed by atoms with van der Waals surface area (Å²) in [6.07, 6.45) is -3.13. The molecule has 2 rings (SSSR count). The Morgan fingerprint density at radius 2 is 2.09 bits per heavy atom. The minimum Gasteiger partial charge on any atom is -0.482 e. The number of amides is 1. The van der Waals surface area contributed by atoms with Gasteiger partial charge in [-0.25, -0.2) is 0 Å². The lowest BCUT2D eigenvalue weighted by molar-refractivity contribution is -0.153. The average Bonchev–Trinajstić information content (AvgIpc) is 2.89. The number of anilines is 1. The van der Waals surface area contributed by atoms with Gasteiger partial charge in [0.05, 0.1) is 5.69 Å². The van der Waals surface area contributed by atoms with Crippen LogP contribution in [-0.4, -0.2) is 31.8 Å². The highest BCUT2D eigenvalue weighted by atomic mass is 35.5. The van der Waals surface area contributed by atoms with E-state index in [0.717, 1.165) is 19.5 Å². The lowest BCUT2D eigenvalue weighted by Gasteiger charge is -2.14. The average molecular weight is 339 g/mol. The zero-order valence-electron chi connectivity index (χ0n) is 11.8. The molecule has 0 spiro atoms. The summed E-state index contributed by atoms with van der Waals surface area (Å²) in [6, 6.07) is 6.12. The Morgan fingerprint density at radius 1 is 1.36 bits per heavy atom. The minimum atomic E-state index is -4.41. The van der Waals surface area contributed by atoms with Crippen molar-refractivity contribution in [2.24, 2.45) is 5.92 Å². The van der Waals surface area contributed by atoms with Crippen LogP contribution >= 0.6 is 12.4 Å². The molecule has 8 heteroatoms. The number of carbonyl (C=O) groups is 1. The SMILES string of the molecule is Cl.O=C(CC1CCNC1)Nc1ccccc1OCC(F)(F)F. The third-order valence-electron chi connectivity index (χ3n) is 3.19. The number of nitrogens with one attached hydrogen (secondary N) is 2. The van der Waals surface area contributed by atoms with Crippen molar-refractivity contribution in [1.82, 2.24) is 5.32 Å². The molecule has 1 amide bonds. The molecule has 1 unspecified atom stereocenters. The van der Waals surface area contributed by atoms with Crippen LogP contribution < -0.4 is 15.4 Å². The molecule has 1 saturated heterocycles. The van der Waals surface area contributed by atoms with E-state index in [4.69, 9.17) is 4.74 Å². The maximum Gasteiger partial charge on any atom is 0.422 e. The van der Waals surface area contributed by atoms with Gasteiger partial charge in [-0.05, 0) is 37.6 Å². The highest BCUT2D eigenvalue weighted by molar-refractivity contribution is 5.92. The Bertz CT molecular complexity index is 491. The smallest absolute Gasteiger partial charge is 0.422 e. The third kappa shape index (κ3) is 6.11. The van der Waals surface area contributed by atoms with Crippen molar-refractivity contribution in [3.8, 4) is 5.75 Å². The summed E-state index contributed by atoms with van der Waals surface area (Å²) < 4.78 is 41.3. The lowest BCUT2D eigenvalue weighted by Crippen LogP contribution is -2.21. The van der Waals surface area contributed by atoms with Gasteiger partial charge in [0.2, 0.25) is 5.91 Å². The van der Waals surface area contributed by atoms with Gasteiger partial charge in [-0.15, -0.1) is 12.4 Å². The summed E-state index contributed by atoms with van der Waals surface area (Å²) in [6.45, 7) is 0.301. The van der Waals surface area contributed by atoms with Crippen molar-refractivity contribution < 1.29 is 22.7 Å². The predicted molar refractivity (Wildman–Crippen MR) is 79.5 cm³/mol. The van der Waals surface area contributed by atoms with Crippen molar-refractivity contribution in [3.63, 3.8) is 0 Å². The van der Waals surface area contributed by atoms with Gasteiger partial charge >= 0.3 is 6.18 Å². The molecular weight excluding hydrogens is 321 g/mol. The Labute approximate surface area is 132 Å². The van der Waals surface area contributed by atoms with Crippen molar-refractivity contribution in [3.05, 3.63) is 24.3 Å². The Balaban J connectivity index is 0.00000242. The first-order chi connectivity index (χ1) is 9.94. The Morgan fingerprint density at radius 3 is 2.73 bits per heavy atom. The van der Waals surface area contributed by atoms with Gasteiger partial charge < -0.3 is 15.4 Å². The second kappa shape index (κ2) is 8.24. The van der Waals surface area contributed by atoms with Crippen LogP contribution in [-0.2, 0) is 4.79 Å². The quantitative estimate of drug-likeness (QED) is 0.867. The lowest BCUT2D eigenvalue weighted by atomic mass is 10.0. The molecule has 1 heterocycles. The molecule has 0 aromatic heterocycles. The molecule has 1 aromatic carbocycles. The van der Waals surface area contributed by atoms with E-state index in [9.17, 15) is 18.0 Å². The summed E-state index contributed by atoms with van der Waals surface area (Å²) in [4.78, 5) is 11.9. The highest BCUT2D eigenvalue weighted by Crippen LogP contribution is 2.27. The van der Waals surface area contributed by atoms with Crippen molar-refractivity contribution in [1.29, 1.82) is 0 Å². The van der Waals surface area contributed by atoms with Gasteiger partial charge in [0.1, 0.15) is 5.75 Å². The number of halogens is 4. The molecule has 0 bridgehead atoms. The van der Waals surface area contributed by atoms with E-state index in [1.165, 1.54) is 12.1 Å². The van der Waals surface area contributed by atoms with Gasteiger partial charge in [-0.1, -0.05) is 12.1 Å². The fraction of sp³-hybridized carbons (Fsp3) is 0.500. The minimum absolute atomic E-state index is 0. The maximum atomic E-state index is 12.2. The van der Waals surface area contributed by atoms with E-state index in [2.05, 4.69) is 10.6 Å². The summed E-state index contributed by atoms with van der Waals surface area (Å²) in [5.41, 5.74) is 0.262. The van der Waals surface area contributed by atoms with E-state index >= 15 is 0 Å². The van der Waals surface area contributed by atoms with Gasteiger partial charge in [0.25, 0.3) is 0 Å². The zero-order valence-corrected chi connectivity index (χ0v) is 12.6. The summed E-state index contributed by atoms with van der Waals surface area (Å²) in [5.74, 6) is 0.0766. The second-order valence-corrected chi connectivity index (χ2v) is 5.01. The monoisotopic (exact) mass is 338 g/mol. The van der Waals surface area contributed by atoms with E-state index in [1.54, 1.807) is 12.1 Å². The van der Waals surface area contributed by atoms with Gasteiger partial charge in [0, 0.05) is 6.42 Å². The Kier molecular flexibility index (Phi) is 6.96. The zero-order chi connectivity index (χ0) is 15.3. The topological polar surface area (TPSA) is 50.4 Å². The largest absolute Gasteiger partial charge is 0.482 e. The third-order valence-corrected chi connectivity index (χ3v) is 3.19. The summed E-state index contributed by atoms with van der Waals surface area (Å²) >= 11 is 0. The van der Waals surface area contributed by atoms with Gasteiger partial charge in [0.15, 0.2) is 6.61 Å². The first-order valence-electron chi connectivity index (χ1n) is 6.73. The van der Waals surface area contributed by atoms with E-state index in [1.807, 2.05) is 0 Å². The number of rotatable bonds is 5. The first kappa shape index (κ1) is 18.6. The number of benzene rings is 1. The van der Waals surface area contributed by atoms with Crippen LogP contribution in [0.1, 0.15) is 12.8 Å². The maximum absolute atomic E-state index is 12.2. The van der Waals surface area contributed by atoms with Crippen LogP contribution in [0.5, 0.6) is 5.75 Å². The van der Waals surface area contributed by atoms with Crippen molar-refractivity contribution in [2.45, 2.75) is 19.0 Å². The van der Waals surface area contributed by atoms with Gasteiger partial charge in [-0.2, -0.15) is 13.2 Å². The molecule has 0 aliphatic carbocycles. The van der Waals surface area contributed by atoms with Crippen LogP contribution in [0.3, 0.4) is 0 Å². The number of hydrogen-bond donors (Lipinski definition) is 2. The molecule has 22 heavy (non-hydrogen) atoms. The molecular formula is C14H18ClF3N2O2. The summed E-state index contributed by atoms with van der Waals surface area (Å²) in [7, 11) is 0. The predicted octanol–water partition coefficient (Wildman–Crippen LogP) is 2.99. The van der Waals surface area contributed by atoms with E-state index in [-0.39, 0.29) is 35.7 Å². The first-order valence-corrected chi connectivity index (χ1v) is 6.73. The van der Waals surface area contributed by atoms with Crippen molar-refractivity contribution >= 4 is 24.0 Å². The number of carbonyl (C=O) groups excluding carboxylic acids is 1. The van der Waals surface area contributed by atoms with Crippen LogP contribution in [0.15, 0.2) is 24.3 Å². The molecule has 124 valence electrons. The van der Waals surface area contributed by atoms with Gasteiger partial charge in [-0.3, -0.25) is 4.79 Å². The molecule has 1 aliphatic heterocycles. The Hall–Kier alpha value is -1.47. The standard InChI is InChI=1S/C14H17F3N2O2.ClH/c15-14(16,17)9-21-12-4-2-1-3-11(12)19-13(20)7-10-5-6-18-8-10;/h1-4,10,18H,5-9H2,(H,19,20);1H. The van der Waals surface area contributed by atoms with Crippen LogP contribution in [0.25, 0.3) is 0 Å². The van der Waals surface area contributed by atoms with Crippen LogP contribution in [0, 0.1) is 5.92 Å². The highest BCUT2D eigenvalue weighted by Gasteiger charge is 2.29. The number of hydrogen-bond acceptors (Lipinski definition) is 3. The number of ether oxygens (including phenoxy) is 1. The van der Waals surface area contributed by atoms with Crippen molar-refractivity contribution in [2.75, 3.05) is 25.0 Å². The number of para-hydroxylation sites is 2. The summed E-state index contributed by atoms with van der Waals surface area (Å²) in [5, 5.41) is 5.77. The molecule has 1 fully saturated rings. The van der Waals surface area contributed by atoms with Crippen LogP contribution in [0.4, 0.5) is 18.9 Å². The normalized spacial score (nSPS) is 17.7. The number of alkyl halides is 3. The molecule has 1 aliphatic rings. The molecule has 1 aromatic rings. The fourth-order valence-electron chi connectivity index (χ4n) is 2.21. The van der Waals surface area contributed by atoms with Crippen LogP contribution in [0.2, 0.25) is 0 Å². The van der Waals surface area contributed by atoms with E-state index < -0.39 is 12.8 Å². The second-order valence-electron chi connectivity index (χ2n) is 5.01.